The Kier molecular flexibility index (Phi) is 7.12. The van der Waals surface area contributed by atoms with Gasteiger partial charge in [-0.1, -0.05) is 41.4 Å². The number of likely N-dealkylation sites (N-methyl/N-ethyl adjacent to an activating group) is 1. The Labute approximate surface area is 158 Å². The lowest BCUT2D eigenvalue weighted by Gasteiger charge is -2.16. The third-order valence-corrected chi connectivity index (χ3v) is 4.46. The van der Waals surface area contributed by atoms with Crippen molar-refractivity contribution in [2.24, 2.45) is 0 Å². The number of benzene rings is 2. The summed E-state index contributed by atoms with van der Waals surface area (Å²) < 4.78 is 5.61. The number of anilines is 1. The van der Waals surface area contributed by atoms with E-state index in [1.807, 2.05) is 38.4 Å². The maximum atomic E-state index is 12.3. The van der Waals surface area contributed by atoms with E-state index in [0.717, 1.165) is 18.7 Å². The lowest BCUT2D eigenvalue weighted by atomic mass is 10.1. The van der Waals surface area contributed by atoms with Gasteiger partial charge in [0.15, 0.2) is 6.10 Å². The molecule has 0 fully saturated rings. The molecule has 134 valence electrons. The number of nitrogens with one attached hydrogen (secondary N) is 1. The summed E-state index contributed by atoms with van der Waals surface area (Å²) in [7, 11) is 4.09. The van der Waals surface area contributed by atoms with Crippen LogP contribution >= 0.6 is 23.2 Å². The van der Waals surface area contributed by atoms with Crippen LogP contribution in [0.15, 0.2) is 42.5 Å². The molecule has 1 unspecified atom stereocenters. The highest BCUT2D eigenvalue weighted by Gasteiger charge is 2.17. The molecule has 0 spiro atoms. The summed E-state index contributed by atoms with van der Waals surface area (Å²) in [6.45, 7) is 2.65. The largest absolute Gasteiger partial charge is 0.479 e. The van der Waals surface area contributed by atoms with Crippen LogP contribution in [-0.4, -0.2) is 37.6 Å². The lowest BCUT2D eigenvalue weighted by molar-refractivity contribution is -0.122. The average Bonchev–Trinajstić information content (AvgIpc) is 2.58. The normalized spacial score (nSPS) is 12.1. The van der Waals surface area contributed by atoms with Crippen LogP contribution in [0.3, 0.4) is 0 Å². The summed E-state index contributed by atoms with van der Waals surface area (Å²) >= 11 is 12.0. The molecule has 25 heavy (non-hydrogen) atoms. The van der Waals surface area contributed by atoms with E-state index in [4.69, 9.17) is 27.9 Å². The van der Waals surface area contributed by atoms with Crippen molar-refractivity contribution in [1.29, 1.82) is 0 Å². The number of rotatable bonds is 7. The van der Waals surface area contributed by atoms with Crippen molar-refractivity contribution >= 4 is 34.8 Å². The highest BCUT2D eigenvalue weighted by molar-refractivity contribution is 6.42. The zero-order valence-electron chi connectivity index (χ0n) is 14.6. The van der Waals surface area contributed by atoms with Gasteiger partial charge in [0.2, 0.25) is 0 Å². The third kappa shape index (κ3) is 5.92. The molecule has 0 radical (unpaired) electrons. The second-order valence-electron chi connectivity index (χ2n) is 6.05. The van der Waals surface area contributed by atoms with Gasteiger partial charge in [-0.25, -0.2) is 0 Å². The fourth-order valence-electron chi connectivity index (χ4n) is 2.17. The molecule has 0 aliphatic heterocycles. The molecule has 1 atom stereocenters. The second-order valence-corrected chi connectivity index (χ2v) is 6.84. The fraction of sp³-hybridized carbons (Fsp3) is 0.316. The van der Waals surface area contributed by atoms with Crippen LogP contribution in [0.4, 0.5) is 5.69 Å². The van der Waals surface area contributed by atoms with E-state index in [2.05, 4.69) is 10.2 Å². The molecule has 1 amide bonds. The molecule has 2 rings (SSSR count). The summed E-state index contributed by atoms with van der Waals surface area (Å²) in [5, 5.41) is 3.53. The molecule has 2 aromatic rings. The van der Waals surface area contributed by atoms with E-state index in [0.29, 0.717) is 15.8 Å². The highest BCUT2D eigenvalue weighted by atomic mass is 35.5. The number of hydrogen-bond donors (Lipinski definition) is 1. The van der Waals surface area contributed by atoms with Gasteiger partial charge in [0.25, 0.3) is 5.91 Å². The first-order valence-electron chi connectivity index (χ1n) is 8.02. The first kappa shape index (κ1) is 19.6. The minimum absolute atomic E-state index is 0.253. The second kappa shape index (κ2) is 9.09. The minimum atomic E-state index is -0.704. The number of ether oxygens (including phenoxy) is 1. The van der Waals surface area contributed by atoms with Gasteiger partial charge in [0.05, 0.1) is 5.02 Å². The van der Waals surface area contributed by atoms with Crippen LogP contribution in [-0.2, 0) is 11.2 Å². The van der Waals surface area contributed by atoms with Crippen molar-refractivity contribution in [2.75, 3.05) is 26.0 Å². The lowest BCUT2D eigenvalue weighted by Crippen LogP contribution is -2.30. The van der Waals surface area contributed by atoms with Crippen molar-refractivity contribution in [3.05, 3.63) is 58.1 Å². The topological polar surface area (TPSA) is 41.6 Å². The third-order valence-electron chi connectivity index (χ3n) is 3.66. The Balaban J connectivity index is 1.93. The van der Waals surface area contributed by atoms with E-state index in [9.17, 15) is 4.79 Å². The van der Waals surface area contributed by atoms with Gasteiger partial charge < -0.3 is 15.0 Å². The standard InChI is InChI=1S/C19H22Cl2N2O2/c1-13(25-17-6-4-5-16(20)18(17)21)19(24)22-15-9-7-14(8-10-15)11-12-23(2)3/h4-10,13H,11-12H2,1-3H3,(H,22,24). The molecule has 0 saturated carbocycles. The Morgan fingerprint density at radius 2 is 1.84 bits per heavy atom. The molecular formula is C19H22Cl2N2O2. The van der Waals surface area contributed by atoms with E-state index in [-0.39, 0.29) is 5.91 Å². The predicted octanol–water partition coefficient (Wildman–Crippen LogP) is 4.50. The molecule has 0 aliphatic rings. The minimum Gasteiger partial charge on any atom is -0.479 e. The van der Waals surface area contributed by atoms with Gasteiger partial charge in [-0.2, -0.15) is 0 Å². The number of nitrogens with zero attached hydrogens (tertiary/aromatic N) is 1. The first-order chi connectivity index (χ1) is 11.9. The van der Waals surface area contributed by atoms with Crippen molar-refractivity contribution in [3.8, 4) is 5.75 Å². The SMILES string of the molecule is CC(Oc1cccc(Cl)c1Cl)C(=O)Nc1ccc(CCN(C)C)cc1. The van der Waals surface area contributed by atoms with Crippen LogP contribution in [0.5, 0.6) is 5.75 Å². The van der Waals surface area contributed by atoms with Crippen LogP contribution < -0.4 is 10.1 Å². The molecular weight excluding hydrogens is 359 g/mol. The summed E-state index contributed by atoms with van der Waals surface area (Å²) in [5.74, 6) is 0.132. The van der Waals surface area contributed by atoms with Crippen LogP contribution in [0.2, 0.25) is 10.0 Å². The summed E-state index contributed by atoms with van der Waals surface area (Å²) in [6.07, 6.45) is 0.262. The first-order valence-corrected chi connectivity index (χ1v) is 8.77. The summed E-state index contributed by atoms with van der Waals surface area (Å²) in [5.41, 5.74) is 1.95. The van der Waals surface area contributed by atoms with Crippen LogP contribution in [0, 0.1) is 0 Å². The summed E-state index contributed by atoms with van der Waals surface area (Å²) in [4.78, 5) is 14.4. The predicted molar refractivity (Wildman–Crippen MR) is 104 cm³/mol. The van der Waals surface area contributed by atoms with Crippen molar-refractivity contribution < 1.29 is 9.53 Å². The molecule has 0 saturated heterocycles. The van der Waals surface area contributed by atoms with Gasteiger partial charge in [-0.3, -0.25) is 4.79 Å². The molecule has 2 aromatic carbocycles. The maximum Gasteiger partial charge on any atom is 0.265 e. The van der Waals surface area contributed by atoms with Gasteiger partial charge in [0.1, 0.15) is 10.8 Å². The Bertz CT molecular complexity index is 718. The molecule has 0 aromatic heterocycles. The smallest absolute Gasteiger partial charge is 0.265 e. The van der Waals surface area contributed by atoms with E-state index in [1.165, 1.54) is 5.56 Å². The zero-order chi connectivity index (χ0) is 18.4. The van der Waals surface area contributed by atoms with Gasteiger partial charge in [-0.15, -0.1) is 0 Å². The van der Waals surface area contributed by atoms with E-state index in [1.54, 1.807) is 25.1 Å². The van der Waals surface area contributed by atoms with E-state index >= 15 is 0 Å². The fourth-order valence-corrected chi connectivity index (χ4v) is 2.51. The number of hydrogen-bond acceptors (Lipinski definition) is 3. The maximum absolute atomic E-state index is 12.3. The molecule has 0 heterocycles. The Hall–Kier alpha value is -1.75. The van der Waals surface area contributed by atoms with Crippen molar-refractivity contribution in [3.63, 3.8) is 0 Å². The zero-order valence-corrected chi connectivity index (χ0v) is 16.1. The number of amides is 1. The van der Waals surface area contributed by atoms with Crippen molar-refractivity contribution in [1.82, 2.24) is 4.90 Å². The number of halogens is 2. The van der Waals surface area contributed by atoms with Crippen LogP contribution in [0.25, 0.3) is 0 Å². The average molecular weight is 381 g/mol. The Morgan fingerprint density at radius 1 is 1.16 bits per heavy atom. The van der Waals surface area contributed by atoms with Gasteiger partial charge >= 0.3 is 0 Å². The quantitative estimate of drug-likeness (QED) is 0.768. The number of carbonyl (C=O) groups is 1. The van der Waals surface area contributed by atoms with E-state index < -0.39 is 6.10 Å². The molecule has 6 heteroatoms. The van der Waals surface area contributed by atoms with Crippen LogP contribution in [0.1, 0.15) is 12.5 Å². The molecule has 4 nitrogen and oxygen atoms in total. The molecule has 1 N–H and O–H groups in total. The van der Waals surface area contributed by atoms with Gasteiger partial charge in [0, 0.05) is 12.2 Å². The molecule has 0 aliphatic carbocycles. The monoisotopic (exact) mass is 380 g/mol. The summed E-state index contributed by atoms with van der Waals surface area (Å²) in [6, 6.07) is 12.9. The Morgan fingerprint density at radius 3 is 2.48 bits per heavy atom. The van der Waals surface area contributed by atoms with Crippen molar-refractivity contribution in [2.45, 2.75) is 19.4 Å². The highest BCUT2D eigenvalue weighted by Crippen LogP contribution is 2.32. The molecule has 0 bridgehead atoms. The number of carbonyl (C=O) groups excluding carboxylic acids is 1. The van der Waals surface area contributed by atoms with Gasteiger partial charge in [-0.05, 0) is 57.3 Å².